The van der Waals surface area contributed by atoms with Gasteiger partial charge in [-0.05, 0) is 42.9 Å². The first kappa shape index (κ1) is 13.1. The molecule has 104 valence electrons. The Balaban J connectivity index is 1.67. The van der Waals surface area contributed by atoms with Crippen molar-refractivity contribution in [3.8, 4) is 0 Å². The number of fused-ring (bicyclic) bond motifs is 1. The van der Waals surface area contributed by atoms with Crippen LogP contribution in [0.25, 0.3) is 0 Å². The van der Waals surface area contributed by atoms with E-state index in [9.17, 15) is 4.79 Å². The highest BCUT2D eigenvalue weighted by Crippen LogP contribution is 2.20. The molecule has 2 N–H and O–H groups in total. The highest BCUT2D eigenvalue weighted by atomic mass is 16.1. The Labute approximate surface area is 119 Å². The summed E-state index contributed by atoms with van der Waals surface area (Å²) in [4.78, 5) is 14.4. The largest absolute Gasteiger partial charge is 0.329 e. The van der Waals surface area contributed by atoms with Gasteiger partial charge in [0, 0.05) is 24.3 Å². The van der Waals surface area contributed by atoms with Crippen molar-refractivity contribution in [2.75, 3.05) is 0 Å². The lowest BCUT2D eigenvalue weighted by Gasteiger charge is -2.16. The van der Waals surface area contributed by atoms with Crippen LogP contribution in [0.4, 0.5) is 0 Å². The number of hydrogen-bond acceptors (Lipinski definition) is 2. The van der Waals surface area contributed by atoms with E-state index in [0.29, 0.717) is 12.6 Å². The molecule has 1 atom stereocenters. The van der Waals surface area contributed by atoms with Crippen LogP contribution in [0, 0.1) is 0 Å². The molecule has 1 unspecified atom stereocenters. The number of hydrogen-bond donors (Lipinski definition) is 2. The fourth-order valence-corrected chi connectivity index (χ4v) is 2.93. The Morgan fingerprint density at radius 2 is 2.00 bits per heavy atom. The molecule has 3 heteroatoms. The van der Waals surface area contributed by atoms with Crippen LogP contribution in [0.15, 0.2) is 47.4 Å². The Hall–Kier alpha value is -1.87. The van der Waals surface area contributed by atoms with Gasteiger partial charge in [0.1, 0.15) is 0 Å². The minimum absolute atomic E-state index is 0.00835. The van der Waals surface area contributed by atoms with Crippen molar-refractivity contribution >= 4 is 0 Å². The molecule has 1 aromatic carbocycles. The number of nitrogens with one attached hydrogen (secondary N) is 2. The topological polar surface area (TPSA) is 44.9 Å². The fraction of sp³-hybridized carbons (Fsp3) is 0.353. The van der Waals surface area contributed by atoms with Crippen LogP contribution >= 0.6 is 0 Å². The first-order valence-electron chi connectivity index (χ1n) is 7.29. The molecule has 1 aliphatic rings. The Kier molecular flexibility index (Phi) is 3.97. The van der Waals surface area contributed by atoms with Gasteiger partial charge in [-0.25, -0.2) is 0 Å². The molecule has 3 rings (SSSR count). The molecular weight excluding hydrogens is 248 g/mol. The first-order valence-corrected chi connectivity index (χ1v) is 7.29. The summed E-state index contributed by atoms with van der Waals surface area (Å²) in [6.07, 6.45) is 6.27. The van der Waals surface area contributed by atoms with E-state index in [-0.39, 0.29) is 5.56 Å². The molecule has 0 spiro atoms. The summed E-state index contributed by atoms with van der Waals surface area (Å²) < 4.78 is 0. The van der Waals surface area contributed by atoms with Gasteiger partial charge < -0.3 is 10.3 Å². The van der Waals surface area contributed by atoms with E-state index in [1.54, 1.807) is 6.20 Å². The number of benzene rings is 1. The summed E-state index contributed by atoms with van der Waals surface area (Å²) >= 11 is 0. The second kappa shape index (κ2) is 6.06. The highest BCUT2D eigenvalue weighted by molar-refractivity contribution is 5.29. The SMILES string of the molecule is O=c1[nH]cccc1CNC1CCCc2ccccc2C1. The maximum atomic E-state index is 11.7. The van der Waals surface area contributed by atoms with Gasteiger partial charge in [-0.1, -0.05) is 30.3 Å². The number of aromatic amines is 1. The molecule has 0 fully saturated rings. The van der Waals surface area contributed by atoms with Crippen LogP contribution in [0.5, 0.6) is 0 Å². The van der Waals surface area contributed by atoms with Gasteiger partial charge in [0.15, 0.2) is 0 Å². The number of aromatic nitrogens is 1. The third kappa shape index (κ3) is 2.99. The molecule has 0 aliphatic heterocycles. The molecular formula is C17H20N2O. The lowest BCUT2D eigenvalue weighted by molar-refractivity contribution is 0.474. The summed E-state index contributed by atoms with van der Waals surface area (Å²) in [7, 11) is 0. The van der Waals surface area contributed by atoms with Gasteiger partial charge in [-0.15, -0.1) is 0 Å². The van der Waals surface area contributed by atoms with Crippen molar-refractivity contribution in [3.63, 3.8) is 0 Å². The van der Waals surface area contributed by atoms with Crippen molar-refractivity contribution in [1.82, 2.24) is 10.3 Å². The molecule has 0 saturated carbocycles. The smallest absolute Gasteiger partial charge is 0.252 e. The van der Waals surface area contributed by atoms with E-state index in [1.165, 1.54) is 30.4 Å². The second-order valence-corrected chi connectivity index (χ2v) is 5.47. The zero-order valence-electron chi connectivity index (χ0n) is 11.6. The number of aryl methyl sites for hydroxylation is 1. The summed E-state index contributed by atoms with van der Waals surface area (Å²) in [5, 5.41) is 3.54. The molecule has 0 radical (unpaired) electrons. The van der Waals surface area contributed by atoms with E-state index in [0.717, 1.165) is 12.0 Å². The van der Waals surface area contributed by atoms with Crippen molar-refractivity contribution in [1.29, 1.82) is 0 Å². The van der Waals surface area contributed by atoms with Crippen molar-refractivity contribution in [2.24, 2.45) is 0 Å². The molecule has 0 saturated heterocycles. The number of rotatable bonds is 3. The molecule has 1 heterocycles. The average molecular weight is 268 g/mol. The monoisotopic (exact) mass is 268 g/mol. The van der Waals surface area contributed by atoms with E-state index in [2.05, 4.69) is 34.6 Å². The van der Waals surface area contributed by atoms with Gasteiger partial charge in [0.05, 0.1) is 0 Å². The van der Waals surface area contributed by atoms with E-state index in [4.69, 9.17) is 0 Å². The van der Waals surface area contributed by atoms with E-state index >= 15 is 0 Å². The van der Waals surface area contributed by atoms with Crippen LogP contribution in [-0.4, -0.2) is 11.0 Å². The highest BCUT2D eigenvalue weighted by Gasteiger charge is 2.16. The maximum absolute atomic E-state index is 11.7. The van der Waals surface area contributed by atoms with Crippen molar-refractivity contribution < 1.29 is 0 Å². The molecule has 3 nitrogen and oxygen atoms in total. The van der Waals surface area contributed by atoms with Gasteiger partial charge in [-0.2, -0.15) is 0 Å². The predicted octanol–water partition coefficient (Wildman–Crippen LogP) is 2.41. The zero-order valence-corrected chi connectivity index (χ0v) is 11.6. The maximum Gasteiger partial charge on any atom is 0.252 e. The first-order chi connectivity index (χ1) is 9.83. The standard InChI is InChI=1S/C17H20N2O/c20-17-15(8-4-10-18-17)12-19-16-9-3-7-13-5-1-2-6-14(13)11-16/h1-2,4-6,8,10,16,19H,3,7,9,11-12H2,(H,18,20). The van der Waals surface area contributed by atoms with E-state index < -0.39 is 0 Å². The Bertz CT molecular complexity index is 633. The lowest BCUT2D eigenvalue weighted by atomic mass is 10.0. The predicted molar refractivity (Wildman–Crippen MR) is 80.8 cm³/mol. The quantitative estimate of drug-likeness (QED) is 0.840. The van der Waals surface area contributed by atoms with Crippen LogP contribution in [0.3, 0.4) is 0 Å². The van der Waals surface area contributed by atoms with E-state index in [1.807, 2.05) is 12.1 Å². The zero-order chi connectivity index (χ0) is 13.8. The van der Waals surface area contributed by atoms with Crippen molar-refractivity contribution in [2.45, 2.75) is 38.3 Å². The molecule has 2 aromatic rings. The average Bonchev–Trinajstić information content (AvgIpc) is 2.68. The molecule has 0 amide bonds. The normalized spacial score (nSPS) is 18.3. The minimum Gasteiger partial charge on any atom is -0.329 e. The number of pyridine rings is 1. The van der Waals surface area contributed by atoms with Crippen LogP contribution in [0.1, 0.15) is 29.5 Å². The van der Waals surface area contributed by atoms with Crippen molar-refractivity contribution in [3.05, 3.63) is 69.6 Å². The lowest BCUT2D eigenvalue weighted by Crippen LogP contribution is -2.32. The Morgan fingerprint density at radius 1 is 1.15 bits per heavy atom. The summed E-state index contributed by atoms with van der Waals surface area (Å²) in [6.45, 7) is 0.642. The van der Waals surface area contributed by atoms with Crippen LogP contribution in [-0.2, 0) is 19.4 Å². The summed E-state index contributed by atoms with van der Waals surface area (Å²) in [5.41, 5.74) is 3.75. The second-order valence-electron chi connectivity index (χ2n) is 5.47. The third-order valence-corrected chi connectivity index (χ3v) is 4.06. The minimum atomic E-state index is 0.00835. The van der Waals surface area contributed by atoms with Gasteiger partial charge in [0.2, 0.25) is 0 Å². The van der Waals surface area contributed by atoms with Crippen LogP contribution < -0.4 is 10.9 Å². The third-order valence-electron chi connectivity index (χ3n) is 4.06. The molecule has 0 bridgehead atoms. The molecule has 1 aromatic heterocycles. The van der Waals surface area contributed by atoms with Crippen LogP contribution in [0.2, 0.25) is 0 Å². The number of H-pyrrole nitrogens is 1. The molecule has 1 aliphatic carbocycles. The van der Waals surface area contributed by atoms with Gasteiger partial charge in [-0.3, -0.25) is 4.79 Å². The Morgan fingerprint density at radius 3 is 2.85 bits per heavy atom. The van der Waals surface area contributed by atoms with Gasteiger partial charge in [0.25, 0.3) is 5.56 Å². The fourth-order valence-electron chi connectivity index (χ4n) is 2.93. The summed E-state index contributed by atoms with van der Waals surface area (Å²) in [5.74, 6) is 0. The van der Waals surface area contributed by atoms with Gasteiger partial charge >= 0.3 is 0 Å². The molecule has 20 heavy (non-hydrogen) atoms. The summed E-state index contributed by atoms with van der Waals surface area (Å²) in [6, 6.07) is 12.9.